The number of carbonyl (C=O) groups is 2. The molecule has 0 radical (unpaired) electrons. The molecule has 4 nitrogen and oxygen atoms in total. The summed E-state index contributed by atoms with van der Waals surface area (Å²) in [5, 5.41) is 1.05. The number of amides is 1. The molecule has 1 saturated carbocycles. The lowest BCUT2D eigenvalue weighted by molar-refractivity contribution is -0.144. The maximum Gasteiger partial charge on any atom is 0.307 e. The smallest absolute Gasteiger partial charge is 0.307 e. The first-order valence-electron chi connectivity index (χ1n) is 8.60. The number of carbonyl (C=O) groups excluding carboxylic acids is 2. The number of ether oxygens (including phenoxy) is 1. The van der Waals surface area contributed by atoms with Gasteiger partial charge in [0.15, 0.2) is 0 Å². The molecule has 0 heterocycles. The van der Waals surface area contributed by atoms with E-state index < -0.39 is 0 Å². The van der Waals surface area contributed by atoms with Crippen LogP contribution in [0.5, 0.6) is 0 Å². The molecule has 1 aromatic carbocycles. The zero-order valence-electron chi connectivity index (χ0n) is 14.3. The van der Waals surface area contributed by atoms with Crippen molar-refractivity contribution in [2.75, 3.05) is 13.2 Å². The Morgan fingerprint density at radius 2 is 2.00 bits per heavy atom. The average molecular weight is 384 g/mol. The summed E-state index contributed by atoms with van der Waals surface area (Å²) in [5.41, 5.74) is 0.733. The minimum absolute atomic E-state index is 0.109. The number of esters is 1. The Kier molecular flexibility index (Phi) is 7.79. The second-order valence-corrected chi connectivity index (χ2v) is 6.87. The summed E-state index contributed by atoms with van der Waals surface area (Å²) < 4.78 is 4.97. The summed E-state index contributed by atoms with van der Waals surface area (Å²) in [4.78, 5) is 26.1. The van der Waals surface area contributed by atoms with E-state index in [0.29, 0.717) is 23.2 Å². The van der Waals surface area contributed by atoms with Gasteiger partial charge in [-0.25, -0.2) is 0 Å². The van der Waals surface area contributed by atoms with Crippen LogP contribution in [-0.2, 0) is 14.3 Å². The van der Waals surface area contributed by atoms with Gasteiger partial charge in [-0.05, 0) is 43.5 Å². The zero-order chi connectivity index (χ0) is 18.2. The Bertz CT molecular complexity index is 640. The van der Waals surface area contributed by atoms with Crippen LogP contribution in [0.1, 0.15) is 44.6 Å². The van der Waals surface area contributed by atoms with Crippen molar-refractivity contribution in [3.8, 4) is 0 Å². The van der Waals surface area contributed by atoms with Crippen molar-refractivity contribution < 1.29 is 14.3 Å². The maximum absolute atomic E-state index is 12.7. The topological polar surface area (TPSA) is 46.6 Å². The molecule has 136 valence electrons. The molecule has 1 aliphatic carbocycles. The van der Waals surface area contributed by atoms with E-state index in [1.807, 2.05) is 0 Å². The van der Waals surface area contributed by atoms with Gasteiger partial charge in [-0.15, -0.1) is 0 Å². The summed E-state index contributed by atoms with van der Waals surface area (Å²) in [6.07, 6.45) is 7.59. The van der Waals surface area contributed by atoms with E-state index in [-0.39, 0.29) is 24.3 Å². The van der Waals surface area contributed by atoms with E-state index in [0.717, 1.165) is 31.2 Å². The van der Waals surface area contributed by atoms with Crippen molar-refractivity contribution >= 4 is 41.2 Å². The van der Waals surface area contributed by atoms with Crippen molar-refractivity contribution in [2.24, 2.45) is 0 Å². The molecule has 1 amide bonds. The number of hydrogen-bond acceptors (Lipinski definition) is 3. The molecule has 2 rings (SSSR count). The lowest BCUT2D eigenvalue weighted by Crippen LogP contribution is -2.39. The molecule has 0 spiro atoms. The minimum atomic E-state index is -0.275. The third kappa shape index (κ3) is 6.05. The van der Waals surface area contributed by atoms with Crippen LogP contribution in [0, 0.1) is 0 Å². The lowest BCUT2D eigenvalue weighted by atomic mass is 10.1. The number of rotatable bonds is 7. The monoisotopic (exact) mass is 383 g/mol. The number of hydrogen-bond donors (Lipinski definition) is 0. The Hall–Kier alpha value is -1.52. The molecule has 1 fully saturated rings. The average Bonchev–Trinajstić information content (AvgIpc) is 3.08. The van der Waals surface area contributed by atoms with Crippen LogP contribution in [0.3, 0.4) is 0 Å². The van der Waals surface area contributed by atoms with Gasteiger partial charge in [-0.1, -0.05) is 42.1 Å². The summed E-state index contributed by atoms with van der Waals surface area (Å²) in [6.45, 7) is 2.50. The molecule has 6 heteroatoms. The van der Waals surface area contributed by atoms with Gasteiger partial charge in [0.1, 0.15) is 0 Å². The van der Waals surface area contributed by atoms with Crippen LogP contribution in [0.4, 0.5) is 0 Å². The Morgan fingerprint density at radius 3 is 2.64 bits per heavy atom. The Labute approximate surface area is 158 Å². The minimum Gasteiger partial charge on any atom is -0.466 e. The standard InChI is InChI=1S/C19H23Cl2NO3/c1-2-25-19(24)11-12-22(16-5-3-4-6-16)18(23)10-8-14-7-9-15(20)13-17(14)21/h7-10,13,16H,2-6,11-12H2,1H3/b10-8+. The molecule has 0 unspecified atom stereocenters. The Morgan fingerprint density at radius 1 is 1.28 bits per heavy atom. The molecule has 0 bridgehead atoms. The van der Waals surface area contributed by atoms with Crippen molar-refractivity contribution in [2.45, 2.75) is 45.1 Å². The second kappa shape index (κ2) is 9.83. The van der Waals surface area contributed by atoms with E-state index in [1.165, 1.54) is 6.08 Å². The highest BCUT2D eigenvalue weighted by molar-refractivity contribution is 6.35. The normalized spacial score (nSPS) is 14.8. The zero-order valence-corrected chi connectivity index (χ0v) is 15.9. The molecule has 0 aromatic heterocycles. The molecular weight excluding hydrogens is 361 g/mol. The van der Waals surface area contributed by atoms with E-state index in [2.05, 4.69) is 0 Å². The highest BCUT2D eigenvalue weighted by Gasteiger charge is 2.26. The van der Waals surface area contributed by atoms with Crippen LogP contribution >= 0.6 is 23.2 Å². The van der Waals surface area contributed by atoms with E-state index >= 15 is 0 Å². The molecule has 0 atom stereocenters. The van der Waals surface area contributed by atoms with Crippen molar-refractivity contribution in [1.82, 2.24) is 4.90 Å². The SMILES string of the molecule is CCOC(=O)CCN(C(=O)/C=C/c1ccc(Cl)cc1Cl)C1CCCC1. The van der Waals surface area contributed by atoms with Crippen LogP contribution in [0.2, 0.25) is 10.0 Å². The van der Waals surface area contributed by atoms with Gasteiger partial charge >= 0.3 is 5.97 Å². The van der Waals surface area contributed by atoms with Gasteiger partial charge in [0.25, 0.3) is 0 Å². The molecule has 0 aliphatic heterocycles. The first-order valence-corrected chi connectivity index (χ1v) is 9.36. The van der Waals surface area contributed by atoms with Crippen molar-refractivity contribution in [1.29, 1.82) is 0 Å². The third-order valence-electron chi connectivity index (χ3n) is 4.28. The number of halogens is 2. The first-order chi connectivity index (χ1) is 12.0. The fourth-order valence-electron chi connectivity index (χ4n) is 3.03. The highest BCUT2D eigenvalue weighted by Crippen LogP contribution is 2.25. The lowest BCUT2D eigenvalue weighted by Gasteiger charge is -2.27. The maximum atomic E-state index is 12.7. The van der Waals surface area contributed by atoms with Gasteiger partial charge in [0, 0.05) is 28.7 Å². The number of nitrogens with zero attached hydrogens (tertiary/aromatic N) is 1. The van der Waals surface area contributed by atoms with Gasteiger partial charge < -0.3 is 9.64 Å². The van der Waals surface area contributed by atoms with Gasteiger partial charge in [-0.2, -0.15) is 0 Å². The van der Waals surface area contributed by atoms with Gasteiger partial charge in [0.2, 0.25) is 5.91 Å². The van der Waals surface area contributed by atoms with E-state index in [1.54, 1.807) is 36.1 Å². The molecule has 25 heavy (non-hydrogen) atoms. The van der Waals surface area contributed by atoms with E-state index in [4.69, 9.17) is 27.9 Å². The van der Waals surface area contributed by atoms with E-state index in [9.17, 15) is 9.59 Å². The fraction of sp³-hybridized carbons (Fsp3) is 0.474. The second-order valence-electron chi connectivity index (χ2n) is 6.02. The summed E-state index contributed by atoms with van der Waals surface area (Å²) in [6, 6.07) is 5.33. The van der Waals surface area contributed by atoms with Crippen LogP contribution in [0.25, 0.3) is 6.08 Å². The first kappa shape index (κ1) is 19.8. The predicted octanol–water partition coefficient (Wildman–Crippen LogP) is 4.73. The molecule has 1 aromatic rings. The molecule has 0 N–H and O–H groups in total. The van der Waals surface area contributed by atoms with Crippen LogP contribution in [0.15, 0.2) is 24.3 Å². The van der Waals surface area contributed by atoms with Crippen LogP contribution < -0.4 is 0 Å². The predicted molar refractivity (Wildman–Crippen MR) is 101 cm³/mol. The van der Waals surface area contributed by atoms with Gasteiger partial charge in [0.05, 0.1) is 13.0 Å². The largest absolute Gasteiger partial charge is 0.466 e. The quantitative estimate of drug-likeness (QED) is 0.504. The molecular formula is C19H23Cl2NO3. The third-order valence-corrected chi connectivity index (χ3v) is 4.84. The summed E-state index contributed by atoms with van der Waals surface area (Å²) >= 11 is 12.0. The molecule has 0 saturated heterocycles. The fourth-order valence-corrected chi connectivity index (χ4v) is 3.50. The van der Waals surface area contributed by atoms with Crippen LogP contribution in [-0.4, -0.2) is 36.0 Å². The van der Waals surface area contributed by atoms with Crippen molar-refractivity contribution in [3.05, 3.63) is 39.9 Å². The summed E-state index contributed by atoms with van der Waals surface area (Å²) in [5.74, 6) is -0.384. The Balaban J connectivity index is 2.05. The summed E-state index contributed by atoms with van der Waals surface area (Å²) in [7, 11) is 0. The number of benzene rings is 1. The van der Waals surface area contributed by atoms with Crippen molar-refractivity contribution in [3.63, 3.8) is 0 Å². The molecule has 1 aliphatic rings. The highest BCUT2D eigenvalue weighted by atomic mass is 35.5. The van der Waals surface area contributed by atoms with Gasteiger partial charge in [-0.3, -0.25) is 9.59 Å².